The molecule has 0 aromatic rings. The normalized spacial score (nSPS) is 11.1. The largest absolute Gasteiger partial charge is 0.759 e. The first-order valence-electron chi connectivity index (χ1n) is 8.80. The lowest BCUT2D eigenvalue weighted by Gasteiger charge is -2.23. The van der Waals surface area contributed by atoms with Crippen molar-refractivity contribution in [3.8, 4) is 0 Å². The Hall–Kier alpha value is -1.79. The van der Waals surface area contributed by atoms with Gasteiger partial charge in [0.05, 0.1) is 68.5 Å². The molecule has 11 heteroatoms. The predicted molar refractivity (Wildman–Crippen MR) is 112 cm³/mol. The maximum atomic E-state index is 11.0. The van der Waals surface area contributed by atoms with Gasteiger partial charge in [-0.05, 0) is 13.8 Å². The first-order chi connectivity index (χ1) is 12.7. The van der Waals surface area contributed by atoms with Gasteiger partial charge in [0.2, 0.25) is 11.8 Å². The molecule has 172 valence electrons. The fourth-order valence-electron chi connectivity index (χ4n) is 1.31. The lowest BCUT2D eigenvalue weighted by atomic mass is 10.3. The third kappa shape index (κ3) is 37.6. The molecule has 0 saturated carbocycles. The summed E-state index contributed by atoms with van der Waals surface area (Å²) in [6.07, 6.45) is 0. The summed E-state index contributed by atoms with van der Waals surface area (Å²) < 4.78 is 35.8. The Morgan fingerprint density at radius 1 is 0.759 bits per heavy atom. The van der Waals surface area contributed by atoms with Gasteiger partial charge in [0.15, 0.2) is 0 Å². The fraction of sp³-hybridized carbons (Fsp3) is 0.667. The van der Waals surface area contributed by atoms with E-state index in [1.54, 1.807) is 13.8 Å². The van der Waals surface area contributed by atoms with Crippen molar-refractivity contribution >= 4 is 22.2 Å². The minimum absolute atomic E-state index is 0.0524. The van der Waals surface area contributed by atoms with Crippen LogP contribution in [-0.2, 0) is 20.0 Å². The minimum atomic E-state index is -5.17. The Labute approximate surface area is 176 Å². The van der Waals surface area contributed by atoms with Crippen LogP contribution in [0.1, 0.15) is 13.8 Å². The second-order valence-electron chi connectivity index (χ2n) is 8.51. The lowest BCUT2D eigenvalue weighted by Crippen LogP contribution is -2.42. The molecule has 0 bridgehead atoms. The Kier molecular flexibility index (Phi) is 15.7. The highest BCUT2D eigenvalue weighted by atomic mass is 32.3. The topological polar surface area (TPSA) is 138 Å². The molecule has 0 heterocycles. The SMILES string of the molecule is C=C(C)C(=O)NCC[N+](C)(C)C.C=C(C)C(=O)NCC[N+](C)(C)C.O=S(=O)([O-])[O-]. The van der Waals surface area contributed by atoms with E-state index in [1.807, 2.05) is 0 Å². The molecule has 0 aliphatic rings. The zero-order valence-electron chi connectivity index (χ0n) is 19.0. The zero-order chi connectivity index (χ0) is 24.1. The molecule has 0 aromatic heterocycles. The van der Waals surface area contributed by atoms with Crippen molar-refractivity contribution in [2.24, 2.45) is 0 Å². The summed E-state index contributed by atoms with van der Waals surface area (Å²) in [4.78, 5) is 22.0. The van der Waals surface area contributed by atoms with Crippen LogP contribution in [0.3, 0.4) is 0 Å². The maximum Gasteiger partial charge on any atom is 0.246 e. The van der Waals surface area contributed by atoms with Crippen molar-refractivity contribution in [1.82, 2.24) is 10.6 Å². The van der Waals surface area contributed by atoms with E-state index in [0.717, 1.165) is 22.1 Å². The molecule has 0 saturated heterocycles. The first-order valence-corrected chi connectivity index (χ1v) is 10.1. The summed E-state index contributed by atoms with van der Waals surface area (Å²) >= 11 is 0. The van der Waals surface area contributed by atoms with Gasteiger partial charge in [-0.3, -0.25) is 18.0 Å². The Morgan fingerprint density at radius 2 is 0.966 bits per heavy atom. The number of amides is 2. The Morgan fingerprint density at radius 3 is 1.10 bits per heavy atom. The van der Waals surface area contributed by atoms with Crippen molar-refractivity contribution in [3.63, 3.8) is 0 Å². The highest BCUT2D eigenvalue weighted by Gasteiger charge is 2.08. The standard InChI is InChI=1S/2C9H18N2O.H2O4S/c2*1-8(2)9(12)10-6-7-11(3,4)5;1-5(2,3)4/h2*1,6-7H2,2-5H3;(H2,1,2,3,4). The van der Waals surface area contributed by atoms with Gasteiger partial charge in [-0.2, -0.15) is 0 Å². The van der Waals surface area contributed by atoms with Crippen LogP contribution in [0.4, 0.5) is 0 Å². The summed E-state index contributed by atoms with van der Waals surface area (Å²) in [6, 6.07) is 0. The first kappa shape index (κ1) is 31.9. The van der Waals surface area contributed by atoms with Gasteiger partial charge >= 0.3 is 0 Å². The highest BCUT2D eigenvalue weighted by Crippen LogP contribution is 1.90. The molecular formula is C18H38N4O6S. The van der Waals surface area contributed by atoms with E-state index in [9.17, 15) is 9.59 Å². The molecule has 0 aliphatic carbocycles. The van der Waals surface area contributed by atoms with Crippen LogP contribution in [0.5, 0.6) is 0 Å². The summed E-state index contributed by atoms with van der Waals surface area (Å²) in [5.41, 5.74) is 1.13. The van der Waals surface area contributed by atoms with Crippen molar-refractivity contribution in [2.45, 2.75) is 13.8 Å². The fourth-order valence-corrected chi connectivity index (χ4v) is 1.31. The maximum absolute atomic E-state index is 11.0. The van der Waals surface area contributed by atoms with E-state index in [-0.39, 0.29) is 11.8 Å². The van der Waals surface area contributed by atoms with E-state index in [2.05, 4.69) is 66.1 Å². The third-order valence-corrected chi connectivity index (χ3v) is 2.91. The van der Waals surface area contributed by atoms with Gasteiger partial charge in [0.1, 0.15) is 0 Å². The average Bonchev–Trinajstić information content (AvgIpc) is 2.42. The van der Waals surface area contributed by atoms with Crippen LogP contribution in [-0.4, -0.2) is 107 Å². The average molecular weight is 439 g/mol. The number of likely N-dealkylation sites (N-methyl/N-ethyl adjacent to an activating group) is 2. The smallest absolute Gasteiger partial charge is 0.246 e. The molecule has 0 fully saturated rings. The number of nitrogens with zero attached hydrogens (tertiary/aromatic N) is 2. The van der Waals surface area contributed by atoms with Gasteiger partial charge in [0.25, 0.3) is 0 Å². The van der Waals surface area contributed by atoms with Crippen LogP contribution in [0.2, 0.25) is 0 Å². The van der Waals surface area contributed by atoms with Crippen LogP contribution in [0.15, 0.2) is 24.3 Å². The van der Waals surface area contributed by atoms with Crippen LogP contribution in [0.25, 0.3) is 0 Å². The summed E-state index contributed by atoms with van der Waals surface area (Å²) in [7, 11) is 7.37. The number of hydrogen-bond donors (Lipinski definition) is 2. The quantitative estimate of drug-likeness (QED) is 0.225. The van der Waals surface area contributed by atoms with Gasteiger partial charge in [-0.1, -0.05) is 13.2 Å². The molecule has 2 amide bonds. The van der Waals surface area contributed by atoms with Crippen LogP contribution in [0, 0.1) is 0 Å². The van der Waals surface area contributed by atoms with Gasteiger partial charge in [0, 0.05) is 21.5 Å². The van der Waals surface area contributed by atoms with Crippen LogP contribution < -0.4 is 10.6 Å². The molecule has 29 heavy (non-hydrogen) atoms. The molecule has 0 atom stereocenters. The molecular weight excluding hydrogens is 400 g/mol. The Balaban J connectivity index is -0.000000380. The van der Waals surface area contributed by atoms with E-state index >= 15 is 0 Å². The summed E-state index contributed by atoms with van der Waals surface area (Å²) in [6.45, 7) is 13.8. The Bertz CT molecular complexity index is 596. The number of carbonyl (C=O) groups excluding carboxylic acids is 2. The van der Waals surface area contributed by atoms with E-state index in [4.69, 9.17) is 17.5 Å². The van der Waals surface area contributed by atoms with Crippen molar-refractivity contribution in [1.29, 1.82) is 0 Å². The minimum Gasteiger partial charge on any atom is -0.759 e. The van der Waals surface area contributed by atoms with E-state index in [0.29, 0.717) is 24.2 Å². The molecule has 0 unspecified atom stereocenters. The van der Waals surface area contributed by atoms with Crippen molar-refractivity contribution in [2.75, 3.05) is 68.5 Å². The number of hydrogen-bond acceptors (Lipinski definition) is 6. The molecule has 10 nitrogen and oxygen atoms in total. The zero-order valence-corrected chi connectivity index (χ0v) is 19.8. The number of carbonyl (C=O) groups is 2. The van der Waals surface area contributed by atoms with Gasteiger partial charge in [-0.25, -0.2) is 0 Å². The highest BCUT2D eigenvalue weighted by molar-refractivity contribution is 7.79. The van der Waals surface area contributed by atoms with E-state index in [1.165, 1.54) is 0 Å². The predicted octanol–water partition coefficient (Wildman–Crippen LogP) is -0.568. The second kappa shape index (κ2) is 14.2. The molecule has 0 radical (unpaired) electrons. The lowest BCUT2D eigenvalue weighted by molar-refractivity contribution is -0.869. The second-order valence-corrected chi connectivity index (χ2v) is 9.33. The van der Waals surface area contributed by atoms with E-state index < -0.39 is 10.4 Å². The van der Waals surface area contributed by atoms with Crippen molar-refractivity contribution in [3.05, 3.63) is 24.3 Å². The van der Waals surface area contributed by atoms with Gasteiger partial charge in [-0.15, -0.1) is 0 Å². The summed E-state index contributed by atoms with van der Waals surface area (Å²) in [5, 5.41) is 5.57. The molecule has 2 N–H and O–H groups in total. The van der Waals surface area contributed by atoms with Crippen molar-refractivity contribution < 1.29 is 36.1 Å². The third-order valence-electron chi connectivity index (χ3n) is 2.91. The molecule has 0 aromatic carbocycles. The molecule has 0 rings (SSSR count). The van der Waals surface area contributed by atoms with Crippen LogP contribution >= 0.6 is 0 Å². The molecule has 0 spiro atoms. The number of rotatable bonds is 8. The summed E-state index contributed by atoms with van der Waals surface area (Å²) in [5.74, 6) is -0.105. The van der Waals surface area contributed by atoms with Gasteiger partial charge < -0.3 is 28.7 Å². The number of nitrogens with one attached hydrogen (secondary N) is 2. The number of quaternary nitrogens is 2. The molecule has 0 aliphatic heterocycles. The monoisotopic (exact) mass is 438 g/mol.